The molecule has 2 N–H and O–H groups in total. The van der Waals surface area contributed by atoms with Crippen LogP contribution < -0.4 is 10.6 Å². The zero-order chi connectivity index (χ0) is 12.3. The first-order valence-electron chi connectivity index (χ1n) is 6.81. The van der Waals surface area contributed by atoms with Crippen LogP contribution >= 0.6 is 0 Å². The highest BCUT2D eigenvalue weighted by molar-refractivity contribution is 5.55. The van der Waals surface area contributed by atoms with Crippen molar-refractivity contribution in [2.75, 3.05) is 18.0 Å². The van der Waals surface area contributed by atoms with E-state index in [1.807, 2.05) is 0 Å². The minimum Gasteiger partial charge on any atom is -0.371 e. The van der Waals surface area contributed by atoms with Gasteiger partial charge in [0.25, 0.3) is 0 Å². The number of nitrogens with zero attached hydrogens (tertiary/aromatic N) is 1. The van der Waals surface area contributed by atoms with Crippen molar-refractivity contribution in [2.24, 2.45) is 11.7 Å². The number of benzene rings is 1. The Morgan fingerprint density at radius 1 is 1.41 bits per heavy atom. The van der Waals surface area contributed by atoms with Crippen LogP contribution in [-0.4, -0.2) is 13.1 Å². The second-order valence-electron chi connectivity index (χ2n) is 5.24. The first-order chi connectivity index (χ1) is 8.22. The van der Waals surface area contributed by atoms with E-state index in [1.54, 1.807) is 0 Å². The van der Waals surface area contributed by atoms with E-state index in [2.05, 4.69) is 43.0 Å². The van der Waals surface area contributed by atoms with E-state index < -0.39 is 0 Å². The fourth-order valence-corrected chi connectivity index (χ4v) is 2.86. The molecule has 0 bridgehead atoms. The van der Waals surface area contributed by atoms with Crippen molar-refractivity contribution in [1.82, 2.24) is 0 Å². The fourth-order valence-electron chi connectivity index (χ4n) is 2.86. The summed E-state index contributed by atoms with van der Waals surface area (Å²) in [7, 11) is 0. The van der Waals surface area contributed by atoms with E-state index in [9.17, 15) is 0 Å². The Morgan fingerprint density at radius 2 is 2.18 bits per heavy atom. The molecule has 2 heteroatoms. The third kappa shape index (κ3) is 2.81. The molecule has 0 aromatic heterocycles. The van der Waals surface area contributed by atoms with Crippen LogP contribution in [0.2, 0.25) is 0 Å². The molecular weight excluding hydrogens is 208 g/mol. The second-order valence-corrected chi connectivity index (χ2v) is 5.24. The summed E-state index contributed by atoms with van der Waals surface area (Å²) >= 11 is 0. The van der Waals surface area contributed by atoms with Crippen LogP contribution in [-0.2, 0) is 0 Å². The van der Waals surface area contributed by atoms with Gasteiger partial charge in [-0.1, -0.05) is 31.5 Å². The maximum absolute atomic E-state index is 6.05. The largest absolute Gasteiger partial charge is 0.371 e. The van der Waals surface area contributed by atoms with Crippen LogP contribution in [0.5, 0.6) is 0 Å². The van der Waals surface area contributed by atoms with Crippen LogP contribution in [0.3, 0.4) is 0 Å². The van der Waals surface area contributed by atoms with Gasteiger partial charge in [0, 0.05) is 24.8 Å². The van der Waals surface area contributed by atoms with Gasteiger partial charge in [0.1, 0.15) is 0 Å². The highest BCUT2D eigenvalue weighted by Crippen LogP contribution is 2.31. The van der Waals surface area contributed by atoms with Crippen LogP contribution in [0.1, 0.15) is 44.7 Å². The smallest absolute Gasteiger partial charge is 0.0414 e. The molecule has 0 amide bonds. The van der Waals surface area contributed by atoms with Crippen molar-refractivity contribution in [1.29, 1.82) is 0 Å². The molecule has 1 heterocycles. The molecule has 2 rings (SSSR count). The highest BCUT2D eigenvalue weighted by atomic mass is 15.2. The Bertz CT molecular complexity index is 360. The van der Waals surface area contributed by atoms with Gasteiger partial charge in [0.15, 0.2) is 0 Å². The van der Waals surface area contributed by atoms with Crippen molar-refractivity contribution in [3.05, 3.63) is 29.8 Å². The van der Waals surface area contributed by atoms with Gasteiger partial charge >= 0.3 is 0 Å². The Hall–Kier alpha value is -1.02. The first-order valence-corrected chi connectivity index (χ1v) is 6.81. The number of hydrogen-bond donors (Lipinski definition) is 1. The lowest BCUT2D eigenvalue weighted by molar-refractivity contribution is 0.529. The molecule has 1 aliphatic heterocycles. The topological polar surface area (TPSA) is 29.3 Å². The summed E-state index contributed by atoms with van der Waals surface area (Å²) in [5, 5.41) is 0. The van der Waals surface area contributed by atoms with Crippen molar-refractivity contribution < 1.29 is 0 Å². The lowest BCUT2D eigenvalue weighted by Gasteiger charge is -2.23. The third-order valence-corrected chi connectivity index (χ3v) is 3.75. The summed E-state index contributed by atoms with van der Waals surface area (Å²) in [6.07, 6.45) is 3.99. The minimum atomic E-state index is 0.122. The number of para-hydroxylation sites is 1. The van der Waals surface area contributed by atoms with Crippen LogP contribution in [0, 0.1) is 5.92 Å². The zero-order valence-electron chi connectivity index (χ0n) is 11.0. The predicted octanol–water partition coefficient (Wildman–Crippen LogP) is 3.33. The van der Waals surface area contributed by atoms with Gasteiger partial charge < -0.3 is 10.6 Å². The van der Waals surface area contributed by atoms with Gasteiger partial charge in [-0.2, -0.15) is 0 Å². The van der Waals surface area contributed by atoms with Crippen LogP contribution in [0.25, 0.3) is 0 Å². The summed E-state index contributed by atoms with van der Waals surface area (Å²) in [4.78, 5) is 2.51. The summed E-state index contributed by atoms with van der Waals surface area (Å²) in [6, 6.07) is 8.70. The van der Waals surface area contributed by atoms with E-state index in [1.165, 1.54) is 43.6 Å². The van der Waals surface area contributed by atoms with E-state index in [0.29, 0.717) is 0 Å². The molecule has 0 spiro atoms. The lowest BCUT2D eigenvalue weighted by atomic mass is 10.0. The predicted molar refractivity (Wildman–Crippen MR) is 74.3 cm³/mol. The van der Waals surface area contributed by atoms with E-state index in [0.717, 1.165) is 5.92 Å². The van der Waals surface area contributed by atoms with Gasteiger partial charge in [-0.15, -0.1) is 0 Å². The Labute approximate surface area is 105 Å². The van der Waals surface area contributed by atoms with Crippen molar-refractivity contribution in [3.8, 4) is 0 Å². The van der Waals surface area contributed by atoms with E-state index in [4.69, 9.17) is 5.73 Å². The summed E-state index contributed by atoms with van der Waals surface area (Å²) < 4.78 is 0. The molecule has 0 aliphatic carbocycles. The summed E-state index contributed by atoms with van der Waals surface area (Å²) in [6.45, 7) is 6.74. The molecule has 1 fully saturated rings. The van der Waals surface area contributed by atoms with Gasteiger partial charge in [0.05, 0.1) is 0 Å². The first kappa shape index (κ1) is 12.4. The molecule has 0 radical (unpaired) electrons. The van der Waals surface area contributed by atoms with Crippen LogP contribution in [0.15, 0.2) is 24.3 Å². The molecule has 2 atom stereocenters. The quantitative estimate of drug-likeness (QED) is 0.862. The Morgan fingerprint density at radius 3 is 2.88 bits per heavy atom. The van der Waals surface area contributed by atoms with Crippen molar-refractivity contribution in [3.63, 3.8) is 0 Å². The van der Waals surface area contributed by atoms with Crippen molar-refractivity contribution >= 4 is 5.69 Å². The highest BCUT2D eigenvalue weighted by Gasteiger charge is 2.23. The molecule has 1 aromatic carbocycles. The Balaban J connectivity index is 2.13. The SMILES string of the molecule is CCCC1CCN(c2ccccc2[C@@H](C)N)C1. The fraction of sp³-hybridized carbons (Fsp3) is 0.600. The molecular formula is C15H24N2. The number of rotatable bonds is 4. The normalized spacial score (nSPS) is 21.8. The summed E-state index contributed by atoms with van der Waals surface area (Å²) in [5.41, 5.74) is 8.68. The number of nitrogens with two attached hydrogens (primary N) is 1. The van der Waals surface area contributed by atoms with Crippen molar-refractivity contribution in [2.45, 2.75) is 39.2 Å². The second kappa shape index (κ2) is 5.54. The molecule has 1 aliphatic rings. The molecule has 1 saturated heterocycles. The zero-order valence-corrected chi connectivity index (χ0v) is 11.0. The number of hydrogen-bond acceptors (Lipinski definition) is 2. The van der Waals surface area contributed by atoms with Crippen LogP contribution in [0.4, 0.5) is 5.69 Å². The van der Waals surface area contributed by atoms with Gasteiger partial charge in [-0.3, -0.25) is 0 Å². The molecule has 1 unspecified atom stereocenters. The average Bonchev–Trinajstić information content (AvgIpc) is 2.78. The van der Waals surface area contributed by atoms with Gasteiger partial charge in [-0.25, -0.2) is 0 Å². The van der Waals surface area contributed by atoms with E-state index in [-0.39, 0.29) is 6.04 Å². The maximum atomic E-state index is 6.05. The number of anilines is 1. The van der Waals surface area contributed by atoms with E-state index >= 15 is 0 Å². The molecule has 17 heavy (non-hydrogen) atoms. The molecule has 0 saturated carbocycles. The third-order valence-electron chi connectivity index (χ3n) is 3.75. The van der Waals surface area contributed by atoms with Gasteiger partial charge in [-0.05, 0) is 37.3 Å². The maximum Gasteiger partial charge on any atom is 0.0414 e. The lowest BCUT2D eigenvalue weighted by Crippen LogP contribution is -2.22. The standard InChI is InChI=1S/C15H24N2/c1-3-6-13-9-10-17(11-13)15-8-5-4-7-14(15)12(2)16/h4-5,7-8,12-13H,3,6,9-11,16H2,1-2H3/t12-,13?/m1/s1. The Kier molecular flexibility index (Phi) is 4.06. The summed E-state index contributed by atoms with van der Waals surface area (Å²) in [5.74, 6) is 0.876. The molecule has 2 nitrogen and oxygen atoms in total. The average molecular weight is 232 g/mol. The minimum absolute atomic E-state index is 0.122. The van der Waals surface area contributed by atoms with Gasteiger partial charge in [0.2, 0.25) is 0 Å². The monoisotopic (exact) mass is 232 g/mol. The molecule has 94 valence electrons. The molecule has 1 aromatic rings.